The van der Waals surface area contributed by atoms with Crippen molar-refractivity contribution in [3.63, 3.8) is 0 Å². The topological polar surface area (TPSA) is 6.48 Å². The van der Waals surface area contributed by atoms with Crippen molar-refractivity contribution in [2.45, 2.75) is 76.9 Å². The maximum absolute atomic E-state index is 2.90. The number of fused-ring (bicyclic) bond motifs is 1. The van der Waals surface area contributed by atoms with E-state index in [1.807, 2.05) is 0 Å². The van der Waals surface area contributed by atoms with E-state index in [9.17, 15) is 0 Å². The summed E-state index contributed by atoms with van der Waals surface area (Å²) in [6.07, 6.45) is 10.2. The molecule has 0 radical (unpaired) electrons. The zero-order valence-corrected chi connectivity index (χ0v) is 12.3. The molecule has 2 aliphatic heterocycles. The maximum Gasteiger partial charge on any atom is 0.0224 e. The van der Waals surface area contributed by atoms with Crippen LogP contribution in [0.1, 0.15) is 58.8 Å². The monoisotopic (exact) mass is 250 g/mol. The lowest BCUT2D eigenvalue weighted by Gasteiger charge is -2.49. The van der Waals surface area contributed by atoms with Crippen molar-refractivity contribution in [1.82, 2.24) is 9.80 Å². The third-order valence-corrected chi connectivity index (χ3v) is 5.80. The molecular weight excluding hydrogens is 220 g/mol. The molecule has 2 heterocycles. The van der Waals surface area contributed by atoms with Crippen LogP contribution >= 0.6 is 0 Å². The summed E-state index contributed by atoms with van der Waals surface area (Å²) in [5.41, 5.74) is 0. The molecule has 104 valence electrons. The Bertz CT molecular complexity index is 278. The fraction of sp³-hybridized carbons (Fsp3) is 1.00. The third-order valence-electron chi connectivity index (χ3n) is 5.80. The molecule has 0 aromatic heterocycles. The molecular formula is C16H30N2. The molecule has 2 heteroatoms. The van der Waals surface area contributed by atoms with E-state index in [1.165, 1.54) is 64.6 Å². The summed E-state index contributed by atoms with van der Waals surface area (Å²) >= 11 is 0. The van der Waals surface area contributed by atoms with Crippen molar-refractivity contribution in [1.29, 1.82) is 0 Å². The van der Waals surface area contributed by atoms with Gasteiger partial charge in [-0.2, -0.15) is 0 Å². The Hall–Kier alpha value is -0.0800. The number of piperazine rings is 1. The Morgan fingerprint density at radius 3 is 2.67 bits per heavy atom. The first-order valence-electron chi connectivity index (χ1n) is 8.29. The highest BCUT2D eigenvalue weighted by molar-refractivity contribution is 4.95. The highest BCUT2D eigenvalue weighted by Gasteiger charge is 2.39. The fourth-order valence-corrected chi connectivity index (χ4v) is 4.77. The minimum Gasteiger partial charge on any atom is -0.298 e. The first-order valence-corrected chi connectivity index (χ1v) is 8.29. The Balaban J connectivity index is 1.69. The second kappa shape index (κ2) is 5.50. The average molecular weight is 250 g/mol. The highest BCUT2D eigenvalue weighted by Crippen LogP contribution is 2.35. The van der Waals surface area contributed by atoms with Crippen LogP contribution in [0.5, 0.6) is 0 Å². The van der Waals surface area contributed by atoms with Crippen LogP contribution in [0, 0.1) is 5.92 Å². The molecule has 2 nitrogen and oxygen atoms in total. The van der Waals surface area contributed by atoms with Gasteiger partial charge in [-0.05, 0) is 45.1 Å². The van der Waals surface area contributed by atoms with Crippen molar-refractivity contribution >= 4 is 0 Å². The van der Waals surface area contributed by atoms with Gasteiger partial charge in [0.15, 0.2) is 0 Å². The maximum atomic E-state index is 2.90. The predicted octanol–water partition coefficient (Wildman–Crippen LogP) is 3.12. The van der Waals surface area contributed by atoms with E-state index in [0.29, 0.717) is 0 Å². The van der Waals surface area contributed by atoms with Gasteiger partial charge in [0.05, 0.1) is 0 Å². The zero-order valence-electron chi connectivity index (χ0n) is 12.3. The summed E-state index contributed by atoms with van der Waals surface area (Å²) in [7, 11) is 0. The largest absolute Gasteiger partial charge is 0.298 e. The lowest BCUT2D eigenvalue weighted by atomic mass is 9.81. The normalized spacial score (nSPS) is 43.0. The van der Waals surface area contributed by atoms with Gasteiger partial charge in [-0.3, -0.25) is 9.80 Å². The molecule has 3 rings (SSSR count). The Morgan fingerprint density at radius 2 is 1.83 bits per heavy atom. The average Bonchev–Trinajstić information content (AvgIpc) is 2.84. The lowest BCUT2D eigenvalue weighted by Crippen LogP contribution is -2.59. The van der Waals surface area contributed by atoms with Gasteiger partial charge in [-0.25, -0.2) is 0 Å². The second-order valence-electron chi connectivity index (χ2n) is 6.86. The van der Waals surface area contributed by atoms with Gasteiger partial charge in [-0.15, -0.1) is 0 Å². The molecule has 0 spiro atoms. The number of rotatable bonds is 2. The minimum absolute atomic E-state index is 0.788. The standard InChI is InChI=1S/C16H30N2/c1-3-14-7-4-5-9-16(14)18-12-15-8-6-10-17(15)11-13(18)2/h13-16H,3-12H2,1-2H3. The van der Waals surface area contributed by atoms with Crippen molar-refractivity contribution in [2.75, 3.05) is 19.6 Å². The van der Waals surface area contributed by atoms with Gasteiger partial charge in [0, 0.05) is 31.2 Å². The van der Waals surface area contributed by atoms with Crippen LogP contribution in [0.15, 0.2) is 0 Å². The molecule has 4 atom stereocenters. The van der Waals surface area contributed by atoms with Crippen molar-refractivity contribution in [3.05, 3.63) is 0 Å². The molecule has 4 unspecified atom stereocenters. The molecule has 1 aliphatic carbocycles. The molecule has 2 saturated heterocycles. The zero-order chi connectivity index (χ0) is 12.5. The SMILES string of the molecule is CCC1CCCCC1N1CC2CCCN2CC1C. The van der Waals surface area contributed by atoms with Crippen LogP contribution in [-0.4, -0.2) is 47.6 Å². The minimum atomic E-state index is 0.788. The number of nitrogens with zero attached hydrogens (tertiary/aromatic N) is 2. The van der Waals surface area contributed by atoms with Crippen LogP contribution in [0.4, 0.5) is 0 Å². The summed E-state index contributed by atoms with van der Waals surface area (Å²) in [5, 5.41) is 0. The van der Waals surface area contributed by atoms with Gasteiger partial charge in [0.1, 0.15) is 0 Å². The highest BCUT2D eigenvalue weighted by atomic mass is 15.3. The summed E-state index contributed by atoms with van der Waals surface area (Å²) in [6, 6.07) is 2.58. The van der Waals surface area contributed by atoms with E-state index in [4.69, 9.17) is 0 Å². The Labute approximate surface area is 113 Å². The molecule has 3 aliphatic rings. The first kappa shape index (κ1) is 12.9. The summed E-state index contributed by atoms with van der Waals surface area (Å²) in [5.74, 6) is 0.981. The summed E-state index contributed by atoms with van der Waals surface area (Å²) < 4.78 is 0. The number of hydrogen-bond donors (Lipinski definition) is 0. The van der Waals surface area contributed by atoms with Crippen LogP contribution in [0.3, 0.4) is 0 Å². The van der Waals surface area contributed by atoms with Gasteiger partial charge in [0.25, 0.3) is 0 Å². The van der Waals surface area contributed by atoms with E-state index < -0.39 is 0 Å². The summed E-state index contributed by atoms with van der Waals surface area (Å²) in [6.45, 7) is 8.93. The van der Waals surface area contributed by atoms with E-state index in [0.717, 1.165) is 24.0 Å². The van der Waals surface area contributed by atoms with Crippen LogP contribution in [-0.2, 0) is 0 Å². The summed E-state index contributed by atoms with van der Waals surface area (Å²) in [4.78, 5) is 5.66. The first-order chi connectivity index (χ1) is 8.79. The van der Waals surface area contributed by atoms with Gasteiger partial charge >= 0.3 is 0 Å². The van der Waals surface area contributed by atoms with Gasteiger partial charge < -0.3 is 0 Å². The molecule has 18 heavy (non-hydrogen) atoms. The van der Waals surface area contributed by atoms with Gasteiger partial charge in [-0.1, -0.05) is 26.2 Å². The van der Waals surface area contributed by atoms with Crippen LogP contribution < -0.4 is 0 Å². The molecule has 0 amide bonds. The molecule has 3 fully saturated rings. The van der Waals surface area contributed by atoms with Crippen molar-refractivity contribution in [3.8, 4) is 0 Å². The number of hydrogen-bond acceptors (Lipinski definition) is 2. The lowest BCUT2D eigenvalue weighted by molar-refractivity contribution is -0.00584. The fourth-order valence-electron chi connectivity index (χ4n) is 4.77. The van der Waals surface area contributed by atoms with Crippen molar-refractivity contribution < 1.29 is 0 Å². The Kier molecular flexibility index (Phi) is 3.95. The van der Waals surface area contributed by atoms with E-state index >= 15 is 0 Å². The molecule has 0 N–H and O–H groups in total. The third kappa shape index (κ3) is 2.34. The van der Waals surface area contributed by atoms with E-state index in [-0.39, 0.29) is 0 Å². The van der Waals surface area contributed by atoms with Crippen LogP contribution in [0.25, 0.3) is 0 Å². The molecule has 0 bridgehead atoms. The predicted molar refractivity (Wildman–Crippen MR) is 76.8 cm³/mol. The van der Waals surface area contributed by atoms with Crippen LogP contribution in [0.2, 0.25) is 0 Å². The quantitative estimate of drug-likeness (QED) is 0.743. The van der Waals surface area contributed by atoms with Gasteiger partial charge in [0.2, 0.25) is 0 Å². The smallest absolute Gasteiger partial charge is 0.0224 e. The molecule has 0 aromatic carbocycles. The van der Waals surface area contributed by atoms with Crippen molar-refractivity contribution in [2.24, 2.45) is 5.92 Å². The van der Waals surface area contributed by atoms with E-state index in [2.05, 4.69) is 23.6 Å². The van der Waals surface area contributed by atoms with E-state index in [1.54, 1.807) is 0 Å². The molecule has 1 saturated carbocycles. The second-order valence-corrected chi connectivity index (χ2v) is 6.86. The molecule has 0 aromatic rings. The Morgan fingerprint density at radius 1 is 1.00 bits per heavy atom.